The molecule has 32 heavy (non-hydrogen) atoms. The first-order chi connectivity index (χ1) is 15.5. The lowest BCUT2D eigenvalue weighted by Crippen LogP contribution is -2.42. The van der Waals surface area contributed by atoms with Gasteiger partial charge in [-0.3, -0.25) is 9.59 Å². The van der Waals surface area contributed by atoms with Crippen molar-refractivity contribution in [3.8, 4) is 0 Å². The molecule has 6 nitrogen and oxygen atoms in total. The number of hydrogen-bond donors (Lipinski definition) is 2. The summed E-state index contributed by atoms with van der Waals surface area (Å²) in [5.41, 5.74) is 3.72. The number of nitrogens with zero attached hydrogens (tertiary/aromatic N) is 2. The molecule has 6 heteroatoms. The molecule has 2 aromatic carbocycles. The van der Waals surface area contributed by atoms with Crippen molar-refractivity contribution in [1.29, 1.82) is 0 Å². The van der Waals surface area contributed by atoms with Crippen LogP contribution in [0, 0.1) is 0 Å². The van der Waals surface area contributed by atoms with E-state index in [1.165, 1.54) is 5.56 Å². The lowest BCUT2D eigenvalue weighted by atomic mass is 9.94. The number of hydrogen-bond acceptors (Lipinski definition) is 4. The first-order valence-corrected chi connectivity index (χ1v) is 11.3. The summed E-state index contributed by atoms with van der Waals surface area (Å²) in [4.78, 5) is 35.4. The minimum absolute atomic E-state index is 0.166. The van der Waals surface area contributed by atoms with Gasteiger partial charge in [-0.1, -0.05) is 61.5 Å². The molecule has 1 fully saturated rings. The Labute approximate surface area is 186 Å². The van der Waals surface area contributed by atoms with E-state index in [-0.39, 0.29) is 23.4 Å². The summed E-state index contributed by atoms with van der Waals surface area (Å²) in [6.07, 6.45) is 2.03. The van der Waals surface area contributed by atoms with E-state index in [0.29, 0.717) is 24.1 Å². The number of aliphatic hydroxyl groups is 1. The fourth-order valence-corrected chi connectivity index (χ4v) is 4.68. The molecule has 1 amide bonds. The Bertz CT molecular complexity index is 1210. The first-order valence-electron chi connectivity index (χ1n) is 11.3. The van der Waals surface area contributed by atoms with Crippen LogP contribution in [-0.2, 0) is 29.6 Å². The maximum Gasteiger partial charge on any atom is 0.256 e. The summed E-state index contributed by atoms with van der Waals surface area (Å²) in [6, 6.07) is 17.6. The number of aliphatic hydroxyl groups excluding tert-OH is 1. The fourth-order valence-electron chi connectivity index (χ4n) is 4.68. The molecule has 2 aliphatic rings. The molecule has 3 aromatic rings. The number of aromatic nitrogens is 2. The van der Waals surface area contributed by atoms with E-state index < -0.39 is 6.10 Å². The summed E-state index contributed by atoms with van der Waals surface area (Å²) in [7, 11) is 0. The topological polar surface area (TPSA) is 86.3 Å². The van der Waals surface area contributed by atoms with Gasteiger partial charge in [-0.2, -0.15) is 0 Å². The van der Waals surface area contributed by atoms with Gasteiger partial charge in [-0.15, -0.1) is 0 Å². The van der Waals surface area contributed by atoms with Crippen LogP contribution in [-0.4, -0.2) is 32.4 Å². The number of H-pyrrole nitrogens is 1. The number of rotatable bonds is 5. The van der Waals surface area contributed by atoms with E-state index in [4.69, 9.17) is 4.98 Å². The van der Waals surface area contributed by atoms with Crippen molar-refractivity contribution in [3.63, 3.8) is 0 Å². The Hall–Kier alpha value is -3.25. The average molecular weight is 430 g/mol. The largest absolute Gasteiger partial charge is 0.378 e. The molecule has 5 rings (SSSR count). The molecule has 1 aliphatic heterocycles. The molecule has 0 bridgehead atoms. The molecule has 164 valence electrons. The van der Waals surface area contributed by atoms with Crippen molar-refractivity contribution in [1.82, 2.24) is 14.9 Å². The molecular formula is C26H27N3O3. The van der Waals surface area contributed by atoms with E-state index >= 15 is 0 Å². The van der Waals surface area contributed by atoms with Gasteiger partial charge < -0.3 is 15.0 Å². The van der Waals surface area contributed by atoms with Crippen molar-refractivity contribution in [2.24, 2.45) is 0 Å². The van der Waals surface area contributed by atoms with Crippen LogP contribution >= 0.6 is 0 Å². The lowest BCUT2D eigenvalue weighted by molar-refractivity contribution is -0.141. The zero-order chi connectivity index (χ0) is 22.3. The summed E-state index contributed by atoms with van der Waals surface area (Å²) in [5.74, 6) is 0.346. The van der Waals surface area contributed by atoms with Crippen LogP contribution in [0.25, 0.3) is 0 Å². The highest BCUT2D eigenvalue weighted by atomic mass is 16.3. The molecule has 2 heterocycles. The molecule has 1 aliphatic carbocycles. The van der Waals surface area contributed by atoms with Gasteiger partial charge in [0.2, 0.25) is 0 Å². The Balaban J connectivity index is 1.39. The Morgan fingerprint density at radius 2 is 1.97 bits per heavy atom. The van der Waals surface area contributed by atoms with Crippen LogP contribution in [0.5, 0.6) is 0 Å². The summed E-state index contributed by atoms with van der Waals surface area (Å²) < 4.78 is 0. The third-order valence-electron chi connectivity index (χ3n) is 6.82. The molecule has 0 spiro atoms. The first kappa shape index (κ1) is 20.6. The number of nitrogens with one attached hydrogen (secondary N) is 1. The van der Waals surface area contributed by atoms with E-state index in [1.807, 2.05) is 43.3 Å². The third kappa shape index (κ3) is 3.54. The third-order valence-corrected chi connectivity index (χ3v) is 6.82. The fraction of sp³-hybridized carbons (Fsp3) is 0.346. The molecule has 1 unspecified atom stereocenters. The van der Waals surface area contributed by atoms with Crippen molar-refractivity contribution < 1.29 is 9.90 Å². The number of carbonyl (C=O) groups is 1. The predicted octanol–water partition coefficient (Wildman–Crippen LogP) is 3.03. The van der Waals surface area contributed by atoms with Crippen LogP contribution in [0.2, 0.25) is 0 Å². The van der Waals surface area contributed by atoms with Crippen LogP contribution in [0.15, 0.2) is 59.4 Å². The van der Waals surface area contributed by atoms with Gasteiger partial charge >= 0.3 is 0 Å². The summed E-state index contributed by atoms with van der Waals surface area (Å²) in [5, 5.41) is 10.7. The second-order valence-corrected chi connectivity index (χ2v) is 8.80. The highest BCUT2D eigenvalue weighted by molar-refractivity contribution is 5.82. The van der Waals surface area contributed by atoms with E-state index in [2.05, 4.69) is 17.1 Å². The second kappa shape index (κ2) is 8.02. The maximum absolute atomic E-state index is 13.0. The Morgan fingerprint density at radius 1 is 1.19 bits per heavy atom. The van der Waals surface area contributed by atoms with E-state index in [1.54, 1.807) is 11.0 Å². The van der Waals surface area contributed by atoms with Gasteiger partial charge in [0.05, 0.1) is 23.2 Å². The number of benzene rings is 2. The monoisotopic (exact) mass is 429 g/mol. The molecular weight excluding hydrogens is 402 g/mol. The van der Waals surface area contributed by atoms with Crippen molar-refractivity contribution in [2.45, 2.75) is 50.7 Å². The summed E-state index contributed by atoms with van der Waals surface area (Å²) in [6.45, 7) is 2.64. The number of aromatic amines is 1. The number of aryl methyl sites for hydroxylation is 1. The van der Waals surface area contributed by atoms with Gasteiger partial charge in [0, 0.05) is 13.0 Å². The van der Waals surface area contributed by atoms with Crippen LogP contribution in [0.4, 0.5) is 0 Å². The van der Waals surface area contributed by atoms with E-state index in [0.717, 1.165) is 36.3 Å². The number of carbonyl (C=O) groups excluding carboxylic acids is 1. The minimum atomic E-state index is -1.23. The second-order valence-electron chi connectivity index (χ2n) is 8.80. The molecule has 0 radical (unpaired) electrons. The molecule has 1 saturated carbocycles. The zero-order valence-corrected chi connectivity index (χ0v) is 18.2. The van der Waals surface area contributed by atoms with Gasteiger partial charge in [0.15, 0.2) is 6.10 Å². The smallest absolute Gasteiger partial charge is 0.256 e. The SMILES string of the molecule is CCc1cccc(C(O)C(=O)N2CCc3nc(C4(c5ccccc5)CC4)[nH]c(=O)c3C2)c1. The van der Waals surface area contributed by atoms with Gasteiger partial charge in [-0.05, 0) is 36.0 Å². The number of fused-ring (bicyclic) bond motifs is 1. The van der Waals surface area contributed by atoms with Crippen molar-refractivity contribution >= 4 is 5.91 Å². The van der Waals surface area contributed by atoms with Gasteiger partial charge in [0.1, 0.15) is 5.82 Å². The Kier molecular flexibility index (Phi) is 5.18. The average Bonchev–Trinajstić information content (AvgIpc) is 3.66. The van der Waals surface area contributed by atoms with Gasteiger partial charge in [0.25, 0.3) is 11.5 Å². The highest BCUT2D eigenvalue weighted by Crippen LogP contribution is 2.51. The quantitative estimate of drug-likeness (QED) is 0.653. The Morgan fingerprint density at radius 3 is 2.69 bits per heavy atom. The maximum atomic E-state index is 13.0. The predicted molar refractivity (Wildman–Crippen MR) is 121 cm³/mol. The lowest BCUT2D eigenvalue weighted by Gasteiger charge is -2.30. The van der Waals surface area contributed by atoms with Crippen LogP contribution in [0.3, 0.4) is 0 Å². The van der Waals surface area contributed by atoms with Gasteiger partial charge in [-0.25, -0.2) is 4.98 Å². The zero-order valence-electron chi connectivity index (χ0n) is 18.2. The van der Waals surface area contributed by atoms with E-state index in [9.17, 15) is 14.7 Å². The minimum Gasteiger partial charge on any atom is -0.378 e. The highest BCUT2D eigenvalue weighted by Gasteiger charge is 2.48. The molecule has 0 saturated heterocycles. The molecule has 1 atom stereocenters. The van der Waals surface area contributed by atoms with Crippen LogP contribution in [0.1, 0.15) is 59.6 Å². The molecule has 1 aromatic heterocycles. The standard InChI is InChI=1S/C26H27N3O3/c1-2-17-7-6-8-18(15-17)22(30)24(32)29-14-11-21-20(16-29)23(31)28-25(27-21)26(12-13-26)19-9-4-3-5-10-19/h3-10,15,22,30H,2,11-14,16H2,1H3,(H,27,28,31). The normalized spacial score (nSPS) is 17.5. The van der Waals surface area contributed by atoms with Crippen LogP contribution < -0.4 is 5.56 Å². The summed E-state index contributed by atoms with van der Waals surface area (Å²) >= 11 is 0. The van der Waals surface area contributed by atoms with Crippen molar-refractivity contribution in [3.05, 3.63) is 98.7 Å². The molecule has 2 N–H and O–H groups in total. The number of amides is 1. The van der Waals surface area contributed by atoms with Crippen molar-refractivity contribution in [2.75, 3.05) is 6.54 Å².